The smallest absolute Gasteiger partial charge is 0.316 e. The van der Waals surface area contributed by atoms with Gasteiger partial charge in [-0.2, -0.15) is 4.98 Å². The number of methoxy groups -OCH3 is 1. The summed E-state index contributed by atoms with van der Waals surface area (Å²) in [5.41, 5.74) is 5.94. The first-order chi connectivity index (χ1) is 5.27. The predicted octanol–water partition coefficient (Wildman–Crippen LogP) is 0.597. The quantitative estimate of drug-likeness (QED) is 0.712. The molecule has 0 bridgehead atoms. The topological polar surface area (TPSA) is 61.0 Å². The van der Waals surface area contributed by atoms with Crippen LogP contribution in [-0.4, -0.2) is 17.1 Å². The van der Waals surface area contributed by atoms with E-state index < -0.39 is 0 Å². The van der Waals surface area contributed by atoms with Gasteiger partial charge in [0.05, 0.1) is 24.0 Å². The first-order valence-electron chi connectivity index (χ1n) is 3.03. The molecule has 0 radical (unpaired) electrons. The Kier molecular flexibility index (Phi) is 2.62. The van der Waals surface area contributed by atoms with E-state index in [1.165, 1.54) is 13.3 Å². The van der Waals surface area contributed by atoms with E-state index in [1.54, 1.807) is 0 Å². The van der Waals surface area contributed by atoms with E-state index in [0.29, 0.717) is 10.7 Å². The zero-order valence-corrected chi connectivity index (χ0v) is 6.80. The number of hydrogen-bond donors (Lipinski definition) is 1. The van der Waals surface area contributed by atoms with E-state index in [4.69, 9.17) is 22.1 Å². The van der Waals surface area contributed by atoms with Crippen molar-refractivity contribution in [1.82, 2.24) is 9.97 Å². The van der Waals surface area contributed by atoms with Crippen molar-refractivity contribution in [3.05, 3.63) is 16.9 Å². The molecule has 0 aliphatic heterocycles. The van der Waals surface area contributed by atoms with Gasteiger partial charge in [0.25, 0.3) is 0 Å². The highest BCUT2D eigenvalue weighted by molar-refractivity contribution is 6.31. The van der Waals surface area contributed by atoms with Gasteiger partial charge in [0.15, 0.2) is 0 Å². The Morgan fingerprint density at radius 1 is 1.73 bits per heavy atom. The molecule has 0 aliphatic rings. The van der Waals surface area contributed by atoms with Crippen molar-refractivity contribution in [2.24, 2.45) is 5.73 Å². The monoisotopic (exact) mass is 173 g/mol. The van der Waals surface area contributed by atoms with Gasteiger partial charge in [0.1, 0.15) is 0 Å². The van der Waals surface area contributed by atoms with Crippen molar-refractivity contribution in [2.75, 3.05) is 7.11 Å². The average Bonchev–Trinajstić information content (AvgIpc) is 2.05. The van der Waals surface area contributed by atoms with E-state index in [-0.39, 0.29) is 12.6 Å². The van der Waals surface area contributed by atoms with Crippen molar-refractivity contribution in [3.63, 3.8) is 0 Å². The summed E-state index contributed by atoms with van der Waals surface area (Å²) in [5.74, 6) is 0. The van der Waals surface area contributed by atoms with Gasteiger partial charge in [-0.3, -0.25) is 0 Å². The van der Waals surface area contributed by atoms with Crippen molar-refractivity contribution in [3.8, 4) is 6.01 Å². The normalized spacial score (nSPS) is 9.73. The number of hydrogen-bond acceptors (Lipinski definition) is 4. The number of aromatic nitrogens is 2. The molecule has 1 aromatic heterocycles. The largest absolute Gasteiger partial charge is 0.467 e. The third kappa shape index (κ3) is 1.78. The summed E-state index contributed by atoms with van der Waals surface area (Å²) in [7, 11) is 1.49. The maximum Gasteiger partial charge on any atom is 0.316 e. The molecule has 4 nitrogen and oxygen atoms in total. The highest BCUT2D eigenvalue weighted by atomic mass is 35.5. The fraction of sp³-hybridized carbons (Fsp3) is 0.333. The van der Waals surface area contributed by atoms with Crippen LogP contribution in [0.1, 0.15) is 5.69 Å². The van der Waals surface area contributed by atoms with Gasteiger partial charge in [0, 0.05) is 6.54 Å². The molecule has 0 unspecified atom stereocenters. The zero-order valence-electron chi connectivity index (χ0n) is 6.04. The summed E-state index contributed by atoms with van der Waals surface area (Å²) in [4.78, 5) is 7.70. The molecular weight excluding hydrogens is 166 g/mol. The summed E-state index contributed by atoms with van der Waals surface area (Å²) in [6, 6.07) is 0.287. The lowest BCUT2D eigenvalue weighted by Crippen LogP contribution is -2.03. The van der Waals surface area contributed by atoms with Crippen LogP contribution in [0.4, 0.5) is 0 Å². The number of rotatable bonds is 2. The Balaban J connectivity index is 3.02. The summed E-state index contributed by atoms with van der Waals surface area (Å²) in [6.45, 7) is 0.289. The summed E-state index contributed by atoms with van der Waals surface area (Å²) >= 11 is 5.69. The van der Waals surface area contributed by atoms with Gasteiger partial charge >= 0.3 is 6.01 Å². The first-order valence-corrected chi connectivity index (χ1v) is 3.41. The highest BCUT2D eigenvalue weighted by Crippen LogP contribution is 2.13. The first kappa shape index (κ1) is 8.23. The molecule has 1 rings (SSSR count). The second-order valence-corrected chi connectivity index (χ2v) is 2.26. The Labute approximate surface area is 69.4 Å². The van der Waals surface area contributed by atoms with Crippen LogP contribution in [0.3, 0.4) is 0 Å². The van der Waals surface area contributed by atoms with E-state index in [1.807, 2.05) is 0 Å². The number of halogens is 1. The molecule has 0 aromatic carbocycles. The molecule has 0 saturated heterocycles. The van der Waals surface area contributed by atoms with Crippen molar-refractivity contribution < 1.29 is 4.74 Å². The van der Waals surface area contributed by atoms with Crippen molar-refractivity contribution >= 4 is 11.6 Å². The third-order valence-electron chi connectivity index (χ3n) is 1.17. The van der Waals surface area contributed by atoms with Crippen LogP contribution in [0.15, 0.2) is 6.20 Å². The van der Waals surface area contributed by atoms with Gasteiger partial charge in [0.2, 0.25) is 0 Å². The summed E-state index contributed by atoms with van der Waals surface area (Å²) < 4.78 is 4.78. The van der Waals surface area contributed by atoms with Gasteiger partial charge in [-0.25, -0.2) is 4.98 Å². The second kappa shape index (κ2) is 3.50. The number of nitrogens with two attached hydrogens (primary N) is 1. The maximum absolute atomic E-state index is 5.69. The zero-order chi connectivity index (χ0) is 8.27. The highest BCUT2D eigenvalue weighted by Gasteiger charge is 2.02. The lowest BCUT2D eigenvalue weighted by Gasteiger charge is -2.00. The minimum absolute atomic E-state index is 0.287. The van der Waals surface area contributed by atoms with Gasteiger partial charge in [-0.1, -0.05) is 11.6 Å². The molecule has 0 amide bonds. The SMILES string of the molecule is COc1ncc(Cl)c(CN)n1. The van der Waals surface area contributed by atoms with Gasteiger partial charge < -0.3 is 10.5 Å². The van der Waals surface area contributed by atoms with Crippen LogP contribution in [0.5, 0.6) is 6.01 Å². The molecular formula is C6H8ClN3O. The minimum Gasteiger partial charge on any atom is -0.467 e. The predicted molar refractivity (Wildman–Crippen MR) is 41.5 cm³/mol. The van der Waals surface area contributed by atoms with E-state index in [2.05, 4.69) is 9.97 Å². The standard InChI is InChI=1S/C6H8ClN3O/c1-11-6-9-3-4(7)5(2-8)10-6/h3H,2,8H2,1H3. The molecule has 0 saturated carbocycles. The van der Waals surface area contributed by atoms with Crippen LogP contribution in [0, 0.1) is 0 Å². The average molecular weight is 174 g/mol. The molecule has 1 heterocycles. The molecule has 1 aromatic rings. The van der Waals surface area contributed by atoms with Crippen LogP contribution in [-0.2, 0) is 6.54 Å². The van der Waals surface area contributed by atoms with Gasteiger partial charge in [-0.05, 0) is 0 Å². The molecule has 0 aliphatic carbocycles. The minimum atomic E-state index is 0.287. The number of ether oxygens (including phenoxy) is 1. The van der Waals surface area contributed by atoms with E-state index in [0.717, 1.165) is 0 Å². The van der Waals surface area contributed by atoms with Crippen molar-refractivity contribution in [2.45, 2.75) is 6.54 Å². The molecule has 2 N–H and O–H groups in total. The van der Waals surface area contributed by atoms with Crippen LogP contribution >= 0.6 is 11.6 Å². The van der Waals surface area contributed by atoms with E-state index >= 15 is 0 Å². The van der Waals surface area contributed by atoms with Crippen LogP contribution in [0.25, 0.3) is 0 Å². The van der Waals surface area contributed by atoms with Gasteiger partial charge in [-0.15, -0.1) is 0 Å². The lowest BCUT2D eigenvalue weighted by molar-refractivity contribution is 0.378. The Hall–Kier alpha value is -0.870. The fourth-order valence-electron chi connectivity index (χ4n) is 0.626. The fourth-order valence-corrected chi connectivity index (χ4v) is 0.794. The lowest BCUT2D eigenvalue weighted by atomic mass is 10.4. The third-order valence-corrected chi connectivity index (χ3v) is 1.49. The summed E-state index contributed by atoms with van der Waals surface area (Å²) in [5, 5.41) is 0.466. The molecule has 5 heteroatoms. The Bertz CT molecular complexity index is 254. The number of nitrogens with zero attached hydrogens (tertiary/aromatic N) is 2. The molecule has 0 spiro atoms. The molecule has 11 heavy (non-hydrogen) atoms. The van der Waals surface area contributed by atoms with Crippen LogP contribution < -0.4 is 10.5 Å². The Morgan fingerprint density at radius 2 is 2.45 bits per heavy atom. The Morgan fingerprint density at radius 3 is 3.00 bits per heavy atom. The second-order valence-electron chi connectivity index (χ2n) is 1.86. The maximum atomic E-state index is 5.69. The van der Waals surface area contributed by atoms with E-state index in [9.17, 15) is 0 Å². The molecule has 60 valence electrons. The van der Waals surface area contributed by atoms with Crippen molar-refractivity contribution in [1.29, 1.82) is 0 Å². The summed E-state index contributed by atoms with van der Waals surface area (Å²) in [6.07, 6.45) is 1.47. The molecule has 0 fully saturated rings. The molecule has 0 atom stereocenters. The van der Waals surface area contributed by atoms with Crippen LogP contribution in [0.2, 0.25) is 5.02 Å².